The van der Waals surface area contributed by atoms with Crippen LogP contribution in [0.2, 0.25) is 0 Å². The highest BCUT2D eigenvalue weighted by atomic mass is 16.5. The van der Waals surface area contributed by atoms with Gasteiger partial charge in [-0.25, -0.2) is 0 Å². The number of hydrogen-bond acceptors (Lipinski definition) is 5. The first-order valence-corrected chi connectivity index (χ1v) is 8.53. The summed E-state index contributed by atoms with van der Waals surface area (Å²) in [6.07, 6.45) is 4.28. The van der Waals surface area contributed by atoms with Gasteiger partial charge in [-0.15, -0.1) is 0 Å². The minimum absolute atomic E-state index is 0.0847. The van der Waals surface area contributed by atoms with Crippen LogP contribution >= 0.6 is 0 Å². The lowest BCUT2D eigenvalue weighted by atomic mass is 10.0. The molecular formula is C20H19N3O3. The summed E-state index contributed by atoms with van der Waals surface area (Å²) in [6, 6.07) is 10.1. The van der Waals surface area contributed by atoms with E-state index in [-0.39, 0.29) is 12.0 Å². The molecule has 3 heterocycles. The average molecular weight is 349 g/mol. The fourth-order valence-corrected chi connectivity index (χ4v) is 3.25. The first-order valence-electron chi connectivity index (χ1n) is 8.53. The zero-order chi connectivity index (χ0) is 18.1. The van der Waals surface area contributed by atoms with Crippen LogP contribution in [0.5, 0.6) is 5.75 Å². The second-order valence-corrected chi connectivity index (χ2v) is 6.42. The summed E-state index contributed by atoms with van der Waals surface area (Å²) >= 11 is 0. The van der Waals surface area contributed by atoms with Gasteiger partial charge in [-0.3, -0.25) is 9.78 Å². The van der Waals surface area contributed by atoms with Crippen molar-refractivity contribution in [2.45, 2.75) is 26.4 Å². The van der Waals surface area contributed by atoms with Crippen molar-refractivity contribution in [2.75, 3.05) is 6.54 Å². The van der Waals surface area contributed by atoms with E-state index in [0.717, 1.165) is 28.9 Å². The van der Waals surface area contributed by atoms with E-state index in [9.17, 15) is 4.79 Å². The van der Waals surface area contributed by atoms with Gasteiger partial charge in [0, 0.05) is 24.4 Å². The number of benzene rings is 1. The van der Waals surface area contributed by atoms with E-state index in [1.165, 1.54) is 0 Å². The molecule has 0 spiro atoms. The third-order valence-corrected chi connectivity index (χ3v) is 4.55. The first-order chi connectivity index (χ1) is 12.6. The summed E-state index contributed by atoms with van der Waals surface area (Å²) in [5.74, 6) is 1.21. The van der Waals surface area contributed by atoms with Crippen molar-refractivity contribution >= 4 is 5.91 Å². The molecule has 1 atom stereocenters. The van der Waals surface area contributed by atoms with Gasteiger partial charge in [0.2, 0.25) is 0 Å². The number of carbonyl (C=O) groups excluding carboxylic acids is 1. The van der Waals surface area contributed by atoms with Gasteiger partial charge in [-0.2, -0.15) is 0 Å². The molecule has 0 aliphatic carbocycles. The Balaban J connectivity index is 1.42. The molecule has 1 amide bonds. The maximum absolute atomic E-state index is 12.3. The lowest BCUT2D eigenvalue weighted by Gasteiger charge is -2.11. The van der Waals surface area contributed by atoms with Crippen LogP contribution in [0.4, 0.5) is 0 Å². The van der Waals surface area contributed by atoms with Gasteiger partial charge in [-0.1, -0.05) is 17.3 Å². The van der Waals surface area contributed by atoms with E-state index in [2.05, 4.69) is 21.5 Å². The lowest BCUT2D eigenvalue weighted by molar-refractivity contribution is 0.0931. The molecular weight excluding hydrogens is 330 g/mol. The topological polar surface area (TPSA) is 77.3 Å². The minimum Gasteiger partial charge on any atom is -0.488 e. The normalized spacial score (nSPS) is 15.4. The highest BCUT2D eigenvalue weighted by molar-refractivity contribution is 5.96. The molecule has 0 bridgehead atoms. The Bertz CT molecular complexity index is 931. The molecule has 0 fully saturated rings. The predicted molar refractivity (Wildman–Crippen MR) is 96.1 cm³/mol. The smallest absolute Gasteiger partial charge is 0.256 e. The zero-order valence-corrected chi connectivity index (χ0v) is 14.7. The Hall–Kier alpha value is -3.15. The van der Waals surface area contributed by atoms with Crippen LogP contribution < -0.4 is 10.1 Å². The number of ether oxygens (including phenoxy) is 1. The predicted octanol–water partition coefficient (Wildman–Crippen LogP) is 3.09. The van der Waals surface area contributed by atoms with Gasteiger partial charge >= 0.3 is 0 Å². The second kappa shape index (κ2) is 6.63. The molecule has 1 aromatic carbocycles. The van der Waals surface area contributed by atoms with Gasteiger partial charge in [0.05, 0.1) is 12.2 Å². The van der Waals surface area contributed by atoms with Crippen molar-refractivity contribution < 1.29 is 14.1 Å². The summed E-state index contributed by atoms with van der Waals surface area (Å²) in [5, 5.41) is 6.73. The number of rotatable bonds is 4. The number of amides is 1. The average Bonchev–Trinajstić information content (AvgIpc) is 3.22. The fraction of sp³-hybridized carbons (Fsp3) is 0.250. The number of pyridine rings is 1. The molecule has 0 radical (unpaired) electrons. The van der Waals surface area contributed by atoms with E-state index < -0.39 is 0 Å². The van der Waals surface area contributed by atoms with Crippen molar-refractivity contribution in [1.29, 1.82) is 0 Å². The zero-order valence-electron chi connectivity index (χ0n) is 14.7. The molecule has 0 saturated carbocycles. The summed E-state index contributed by atoms with van der Waals surface area (Å²) in [6.45, 7) is 3.92. The first kappa shape index (κ1) is 16.3. The second-order valence-electron chi connectivity index (χ2n) is 6.42. The van der Waals surface area contributed by atoms with Gasteiger partial charge in [-0.05, 0) is 43.2 Å². The quantitative estimate of drug-likeness (QED) is 0.783. The summed E-state index contributed by atoms with van der Waals surface area (Å²) < 4.78 is 11.0. The van der Waals surface area contributed by atoms with Crippen molar-refractivity contribution in [3.63, 3.8) is 0 Å². The van der Waals surface area contributed by atoms with Crippen molar-refractivity contribution in [1.82, 2.24) is 15.5 Å². The summed E-state index contributed by atoms with van der Waals surface area (Å²) in [5.41, 5.74) is 4.42. The van der Waals surface area contributed by atoms with E-state index in [1.54, 1.807) is 20.0 Å². The van der Waals surface area contributed by atoms with Crippen LogP contribution in [-0.4, -0.2) is 28.7 Å². The SMILES string of the molecule is Cc1noc(C)c1C(=O)NC[C@H]1Cc2cc(-c3cccnc3)ccc2O1. The van der Waals surface area contributed by atoms with Gasteiger partial charge in [0.15, 0.2) is 0 Å². The molecule has 2 aromatic heterocycles. The highest BCUT2D eigenvalue weighted by Gasteiger charge is 2.25. The molecule has 6 heteroatoms. The van der Waals surface area contributed by atoms with Crippen LogP contribution in [0.25, 0.3) is 11.1 Å². The van der Waals surface area contributed by atoms with E-state index in [1.807, 2.05) is 30.5 Å². The molecule has 0 saturated heterocycles. The van der Waals surface area contributed by atoms with E-state index in [4.69, 9.17) is 9.26 Å². The van der Waals surface area contributed by atoms with E-state index >= 15 is 0 Å². The Labute approximate surface area is 151 Å². The highest BCUT2D eigenvalue weighted by Crippen LogP contribution is 2.32. The Morgan fingerprint density at radius 2 is 2.15 bits per heavy atom. The maximum Gasteiger partial charge on any atom is 0.256 e. The number of carbonyl (C=O) groups is 1. The van der Waals surface area contributed by atoms with Crippen LogP contribution in [0.15, 0.2) is 47.2 Å². The van der Waals surface area contributed by atoms with Crippen LogP contribution in [0.1, 0.15) is 27.4 Å². The molecule has 132 valence electrons. The number of fused-ring (bicyclic) bond motifs is 1. The number of nitrogens with zero attached hydrogens (tertiary/aromatic N) is 2. The number of nitrogens with one attached hydrogen (secondary N) is 1. The molecule has 6 nitrogen and oxygen atoms in total. The third kappa shape index (κ3) is 3.06. The molecule has 1 N–H and O–H groups in total. The molecule has 1 aliphatic heterocycles. The summed E-state index contributed by atoms with van der Waals surface area (Å²) in [7, 11) is 0. The molecule has 26 heavy (non-hydrogen) atoms. The monoisotopic (exact) mass is 349 g/mol. The van der Waals surface area contributed by atoms with Gasteiger partial charge in [0.1, 0.15) is 23.2 Å². The maximum atomic E-state index is 12.3. The fourth-order valence-electron chi connectivity index (χ4n) is 3.25. The third-order valence-electron chi connectivity index (χ3n) is 4.55. The Kier molecular flexibility index (Phi) is 4.16. The van der Waals surface area contributed by atoms with Gasteiger partial charge in [0.25, 0.3) is 5.91 Å². The van der Waals surface area contributed by atoms with Crippen LogP contribution in [-0.2, 0) is 6.42 Å². The van der Waals surface area contributed by atoms with Crippen molar-refractivity contribution in [3.05, 3.63) is 65.3 Å². The Morgan fingerprint density at radius 3 is 2.88 bits per heavy atom. The summed E-state index contributed by atoms with van der Waals surface area (Å²) in [4.78, 5) is 16.5. The largest absolute Gasteiger partial charge is 0.488 e. The molecule has 0 unspecified atom stereocenters. The lowest BCUT2D eigenvalue weighted by Crippen LogP contribution is -2.34. The number of hydrogen-bond donors (Lipinski definition) is 1. The molecule has 4 rings (SSSR count). The van der Waals surface area contributed by atoms with Crippen LogP contribution in [0, 0.1) is 13.8 Å². The number of aryl methyl sites for hydroxylation is 2. The minimum atomic E-state index is -0.183. The Morgan fingerprint density at radius 1 is 1.27 bits per heavy atom. The molecule has 3 aromatic rings. The van der Waals surface area contributed by atoms with Crippen LogP contribution in [0.3, 0.4) is 0 Å². The van der Waals surface area contributed by atoms with E-state index in [0.29, 0.717) is 23.6 Å². The standard InChI is InChI=1S/C20H19N3O3/c1-12-19(13(2)26-23-12)20(24)22-11-17-9-16-8-14(5-6-18(16)25-17)15-4-3-7-21-10-15/h3-8,10,17H,9,11H2,1-2H3,(H,22,24)/t17-/m1/s1. The van der Waals surface area contributed by atoms with Crippen molar-refractivity contribution in [2.24, 2.45) is 0 Å². The number of aromatic nitrogens is 2. The molecule has 1 aliphatic rings. The van der Waals surface area contributed by atoms with Gasteiger partial charge < -0.3 is 14.6 Å². The van der Waals surface area contributed by atoms with Crippen molar-refractivity contribution in [3.8, 4) is 16.9 Å².